The second-order valence-electron chi connectivity index (χ2n) is 2.78. The molecule has 0 saturated heterocycles. The molecule has 0 bridgehead atoms. The topological polar surface area (TPSA) is 102 Å². The van der Waals surface area contributed by atoms with Gasteiger partial charge in [-0.3, -0.25) is 19.7 Å². The quantitative estimate of drug-likeness (QED) is 0.578. The first-order chi connectivity index (χ1) is 7.00. The van der Waals surface area contributed by atoms with Crippen LogP contribution in [0.15, 0.2) is 16.5 Å². The molecule has 0 radical (unpaired) electrons. The van der Waals surface area contributed by atoms with Crippen molar-refractivity contribution in [2.24, 2.45) is 0 Å². The van der Waals surface area contributed by atoms with Crippen molar-refractivity contribution in [3.05, 3.63) is 28.0 Å². The molecule has 1 heterocycles. The van der Waals surface area contributed by atoms with E-state index in [2.05, 4.69) is 9.73 Å². The fourth-order valence-corrected chi connectivity index (χ4v) is 0.840. The van der Waals surface area contributed by atoms with E-state index in [9.17, 15) is 19.7 Å². The molecule has 7 nitrogen and oxygen atoms in total. The Labute approximate surface area is 84.2 Å². The van der Waals surface area contributed by atoms with E-state index in [-0.39, 0.29) is 18.1 Å². The molecule has 0 aromatic carbocycles. The number of hydrogen-bond acceptors (Lipinski definition) is 5. The number of furan rings is 1. The van der Waals surface area contributed by atoms with Gasteiger partial charge < -0.3 is 9.73 Å². The van der Waals surface area contributed by atoms with Crippen molar-refractivity contribution in [3.63, 3.8) is 0 Å². The van der Waals surface area contributed by atoms with Crippen molar-refractivity contribution in [1.82, 2.24) is 5.32 Å². The minimum Gasteiger partial charge on any atom is -0.395 e. The lowest BCUT2D eigenvalue weighted by Crippen LogP contribution is -2.27. The molecule has 1 amide bonds. The third-order valence-corrected chi connectivity index (χ3v) is 1.49. The monoisotopic (exact) mass is 212 g/mol. The number of carbonyl (C=O) groups is 2. The zero-order chi connectivity index (χ0) is 11.4. The number of rotatable bonds is 4. The molecule has 0 aliphatic rings. The van der Waals surface area contributed by atoms with Crippen LogP contribution >= 0.6 is 0 Å². The highest BCUT2D eigenvalue weighted by atomic mass is 16.6. The standard InChI is InChI=1S/C8H8N2O5/c1-5(11)4-9-8(12)6-2-3-7(15-6)10(13)14/h2-3H,4H2,1H3,(H,9,12). The summed E-state index contributed by atoms with van der Waals surface area (Å²) in [5.41, 5.74) is 0. The molecule has 0 aliphatic heterocycles. The molecule has 0 unspecified atom stereocenters. The largest absolute Gasteiger partial charge is 0.433 e. The van der Waals surface area contributed by atoms with Gasteiger partial charge in [0.25, 0.3) is 5.91 Å². The molecule has 0 aliphatic carbocycles. The lowest BCUT2D eigenvalue weighted by Gasteiger charge is -1.97. The summed E-state index contributed by atoms with van der Waals surface area (Å²) in [4.78, 5) is 31.2. The predicted octanol–water partition coefficient (Wildman–Crippen LogP) is 0.507. The number of carbonyl (C=O) groups excluding carboxylic acids is 2. The summed E-state index contributed by atoms with van der Waals surface area (Å²) in [6, 6.07) is 2.25. The smallest absolute Gasteiger partial charge is 0.395 e. The molecule has 0 saturated carbocycles. The first kappa shape index (κ1) is 10.9. The van der Waals surface area contributed by atoms with Gasteiger partial charge >= 0.3 is 5.88 Å². The highest BCUT2D eigenvalue weighted by Crippen LogP contribution is 2.15. The van der Waals surface area contributed by atoms with E-state index in [1.807, 2.05) is 0 Å². The molecule has 1 aromatic heterocycles. The van der Waals surface area contributed by atoms with Crippen LogP contribution in [-0.4, -0.2) is 23.2 Å². The Morgan fingerprint density at radius 2 is 2.20 bits per heavy atom. The van der Waals surface area contributed by atoms with E-state index < -0.39 is 16.7 Å². The normalized spacial score (nSPS) is 9.67. The Balaban J connectivity index is 2.66. The van der Waals surface area contributed by atoms with Gasteiger partial charge in [0.2, 0.25) is 0 Å². The zero-order valence-electron chi connectivity index (χ0n) is 7.85. The highest BCUT2D eigenvalue weighted by molar-refractivity contribution is 5.94. The zero-order valence-corrected chi connectivity index (χ0v) is 7.85. The van der Waals surface area contributed by atoms with Crippen molar-refractivity contribution in [2.45, 2.75) is 6.92 Å². The first-order valence-corrected chi connectivity index (χ1v) is 4.02. The molecule has 15 heavy (non-hydrogen) atoms. The summed E-state index contributed by atoms with van der Waals surface area (Å²) < 4.78 is 4.62. The number of nitrogens with zero attached hydrogens (tertiary/aromatic N) is 1. The lowest BCUT2D eigenvalue weighted by molar-refractivity contribution is -0.402. The first-order valence-electron chi connectivity index (χ1n) is 4.02. The van der Waals surface area contributed by atoms with Crippen molar-refractivity contribution in [3.8, 4) is 0 Å². The van der Waals surface area contributed by atoms with Crippen molar-refractivity contribution in [1.29, 1.82) is 0 Å². The minimum atomic E-state index is -0.748. The molecule has 7 heteroatoms. The summed E-state index contributed by atoms with van der Waals surface area (Å²) in [5.74, 6) is -1.58. The molecular weight excluding hydrogens is 204 g/mol. The Morgan fingerprint density at radius 1 is 1.53 bits per heavy atom. The number of Topliss-reactive ketones (excluding diaryl/α,β-unsaturated/α-hetero) is 1. The van der Waals surface area contributed by atoms with E-state index in [1.54, 1.807) is 0 Å². The molecule has 0 fully saturated rings. The Bertz CT molecular complexity index is 409. The number of ketones is 1. The van der Waals surface area contributed by atoms with Crippen LogP contribution in [0.25, 0.3) is 0 Å². The van der Waals surface area contributed by atoms with E-state index in [0.717, 1.165) is 6.07 Å². The average Bonchev–Trinajstić information content (AvgIpc) is 2.62. The van der Waals surface area contributed by atoms with Crippen LogP contribution in [0.5, 0.6) is 0 Å². The van der Waals surface area contributed by atoms with Crippen molar-refractivity contribution < 1.29 is 18.9 Å². The molecule has 1 rings (SSSR count). The van der Waals surface area contributed by atoms with Gasteiger partial charge in [-0.1, -0.05) is 0 Å². The summed E-state index contributed by atoms with van der Waals surface area (Å²) >= 11 is 0. The van der Waals surface area contributed by atoms with Crippen LogP contribution in [0, 0.1) is 10.1 Å². The molecule has 80 valence electrons. The van der Waals surface area contributed by atoms with Gasteiger partial charge in [-0.2, -0.15) is 0 Å². The number of amides is 1. The van der Waals surface area contributed by atoms with Crippen molar-refractivity contribution in [2.75, 3.05) is 6.54 Å². The highest BCUT2D eigenvalue weighted by Gasteiger charge is 2.16. The van der Waals surface area contributed by atoms with Crippen molar-refractivity contribution >= 4 is 17.6 Å². The Morgan fingerprint density at radius 3 is 2.67 bits per heavy atom. The molecular formula is C8H8N2O5. The molecule has 1 N–H and O–H groups in total. The Kier molecular flexibility index (Phi) is 3.17. The van der Waals surface area contributed by atoms with E-state index in [4.69, 9.17) is 0 Å². The summed E-state index contributed by atoms with van der Waals surface area (Å²) in [6.07, 6.45) is 0. The number of hydrogen-bond donors (Lipinski definition) is 1. The van der Waals surface area contributed by atoms with Crippen LogP contribution in [0.3, 0.4) is 0 Å². The van der Waals surface area contributed by atoms with Gasteiger partial charge in [0.15, 0.2) is 5.76 Å². The average molecular weight is 212 g/mol. The van der Waals surface area contributed by atoms with E-state index in [0.29, 0.717) is 0 Å². The van der Waals surface area contributed by atoms with Crippen LogP contribution < -0.4 is 5.32 Å². The predicted molar refractivity (Wildman–Crippen MR) is 48.4 cm³/mol. The van der Waals surface area contributed by atoms with Gasteiger partial charge in [-0.05, 0) is 13.0 Å². The fourth-order valence-electron chi connectivity index (χ4n) is 0.840. The second kappa shape index (κ2) is 4.36. The van der Waals surface area contributed by atoms with E-state index >= 15 is 0 Å². The summed E-state index contributed by atoms with van der Waals surface area (Å²) in [7, 11) is 0. The maximum Gasteiger partial charge on any atom is 0.433 e. The Hall–Kier alpha value is -2.18. The SMILES string of the molecule is CC(=O)CNC(=O)c1ccc([N+](=O)[O-])o1. The van der Waals surface area contributed by atoms with Gasteiger partial charge in [-0.25, -0.2) is 0 Å². The van der Waals surface area contributed by atoms with Crippen LogP contribution in [0.1, 0.15) is 17.5 Å². The maximum atomic E-state index is 11.2. The van der Waals surface area contributed by atoms with Crippen LogP contribution in [0.2, 0.25) is 0 Å². The molecule has 1 aromatic rings. The minimum absolute atomic E-state index is 0.132. The van der Waals surface area contributed by atoms with Gasteiger partial charge in [0.1, 0.15) is 10.7 Å². The number of nitro groups is 1. The van der Waals surface area contributed by atoms with Gasteiger partial charge in [-0.15, -0.1) is 0 Å². The lowest BCUT2D eigenvalue weighted by atomic mass is 10.4. The third-order valence-electron chi connectivity index (χ3n) is 1.49. The molecule has 0 spiro atoms. The third kappa shape index (κ3) is 2.90. The maximum absolute atomic E-state index is 11.2. The van der Waals surface area contributed by atoms with E-state index in [1.165, 1.54) is 13.0 Å². The van der Waals surface area contributed by atoms with Crippen LogP contribution in [0.4, 0.5) is 5.88 Å². The number of nitrogens with one attached hydrogen (secondary N) is 1. The molecule has 0 atom stereocenters. The fraction of sp³-hybridized carbons (Fsp3) is 0.250. The summed E-state index contributed by atoms with van der Waals surface area (Å²) in [6.45, 7) is 1.18. The van der Waals surface area contributed by atoms with Crippen LogP contribution in [-0.2, 0) is 4.79 Å². The summed E-state index contributed by atoms with van der Waals surface area (Å²) in [5, 5.41) is 12.5. The second-order valence-corrected chi connectivity index (χ2v) is 2.78. The van der Waals surface area contributed by atoms with Gasteiger partial charge in [0.05, 0.1) is 12.6 Å². The van der Waals surface area contributed by atoms with Gasteiger partial charge in [0, 0.05) is 0 Å².